The lowest BCUT2D eigenvalue weighted by Crippen LogP contribution is -2.20. The molecule has 122 valence electrons. The summed E-state index contributed by atoms with van der Waals surface area (Å²) in [4.78, 5) is 11.7. The molecule has 0 atom stereocenters. The number of hydrogen-bond donors (Lipinski definition) is 1. The van der Waals surface area contributed by atoms with Crippen molar-refractivity contribution in [2.75, 3.05) is 11.9 Å². The summed E-state index contributed by atoms with van der Waals surface area (Å²) in [5.41, 5.74) is 0.337. The topological polar surface area (TPSA) is 47.6 Å². The third-order valence-electron chi connectivity index (χ3n) is 2.56. The summed E-state index contributed by atoms with van der Waals surface area (Å²) in [6.07, 6.45) is -4.75. The number of rotatable bonds is 5. The highest BCUT2D eigenvalue weighted by Gasteiger charge is 2.30. The summed E-state index contributed by atoms with van der Waals surface area (Å²) < 4.78 is 46.0. The van der Waals surface area contributed by atoms with Crippen molar-refractivity contribution in [1.82, 2.24) is 0 Å². The molecule has 0 heterocycles. The highest BCUT2D eigenvalue weighted by atomic mass is 79.9. The summed E-state index contributed by atoms with van der Waals surface area (Å²) in [5, 5.41) is 2.50. The summed E-state index contributed by atoms with van der Waals surface area (Å²) in [7, 11) is 0. The van der Waals surface area contributed by atoms with Crippen molar-refractivity contribution < 1.29 is 27.4 Å². The molecule has 0 fully saturated rings. The second kappa shape index (κ2) is 7.36. The quantitative estimate of drug-likeness (QED) is 0.825. The lowest BCUT2D eigenvalue weighted by molar-refractivity contribution is -0.274. The van der Waals surface area contributed by atoms with Crippen molar-refractivity contribution in [3.05, 3.63) is 53.0 Å². The van der Waals surface area contributed by atoms with E-state index >= 15 is 0 Å². The van der Waals surface area contributed by atoms with Gasteiger partial charge >= 0.3 is 6.36 Å². The van der Waals surface area contributed by atoms with E-state index in [1.54, 1.807) is 24.3 Å². The van der Waals surface area contributed by atoms with Gasteiger partial charge in [-0.1, -0.05) is 15.9 Å². The maximum Gasteiger partial charge on any atom is 0.573 e. The van der Waals surface area contributed by atoms with Gasteiger partial charge in [-0.2, -0.15) is 0 Å². The maximum atomic E-state index is 12.0. The zero-order valence-corrected chi connectivity index (χ0v) is 13.1. The SMILES string of the molecule is O=C(COc1ccc(Br)cc1)Nc1ccc(OC(F)(F)F)cc1. The molecule has 1 amide bonds. The van der Waals surface area contributed by atoms with E-state index in [0.717, 1.165) is 16.6 Å². The Labute approximate surface area is 138 Å². The van der Waals surface area contributed by atoms with Gasteiger partial charge in [-0.05, 0) is 48.5 Å². The Balaban J connectivity index is 1.84. The molecule has 4 nitrogen and oxygen atoms in total. The van der Waals surface area contributed by atoms with Crippen molar-refractivity contribution in [2.45, 2.75) is 6.36 Å². The van der Waals surface area contributed by atoms with Gasteiger partial charge in [0, 0.05) is 10.2 Å². The van der Waals surface area contributed by atoms with Crippen LogP contribution < -0.4 is 14.8 Å². The molecule has 2 aromatic rings. The number of carbonyl (C=O) groups is 1. The van der Waals surface area contributed by atoms with Gasteiger partial charge in [0.2, 0.25) is 0 Å². The van der Waals surface area contributed by atoms with Crippen LogP contribution in [0.3, 0.4) is 0 Å². The summed E-state index contributed by atoms with van der Waals surface area (Å²) in [6.45, 7) is -0.220. The fourth-order valence-electron chi connectivity index (χ4n) is 1.62. The number of benzene rings is 2. The molecule has 0 aliphatic rings. The van der Waals surface area contributed by atoms with Gasteiger partial charge in [0.05, 0.1) is 0 Å². The molecule has 2 rings (SSSR count). The Morgan fingerprint density at radius 2 is 1.57 bits per heavy atom. The van der Waals surface area contributed by atoms with Crippen LogP contribution in [0.2, 0.25) is 0 Å². The van der Waals surface area contributed by atoms with Gasteiger partial charge in [-0.25, -0.2) is 0 Å². The van der Waals surface area contributed by atoms with Crippen LogP contribution in [0.25, 0.3) is 0 Å². The maximum absolute atomic E-state index is 12.0. The fraction of sp³-hybridized carbons (Fsp3) is 0.133. The van der Waals surface area contributed by atoms with Crippen molar-refractivity contribution in [3.63, 3.8) is 0 Å². The van der Waals surface area contributed by atoms with Gasteiger partial charge in [-0.15, -0.1) is 13.2 Å². The zero-order valence-electron chi connectivity index (χ0n) is 11.6. The predicted octanol–water partition coefficient (Wildman–Crippen LogP) is 4.37. The normalized spacial score (nSPS) is 11.0. The Kier molecular flexibility index (Phi) is 5.49. The van der Waals surface area contributed by atoms with E-state index in [4.69, 9.17) is 4.74 Å². The van der Waals surface area contributed by atoms with E-state index in [9.17, 15) is 18.0 Å². The third-order valence-corrected chi connectivity index (χ3v) is 3.08. The first-order chi connectivity index (χ1) is 10.8. The van der Waals surface area contributed by atoms with Crippen molar-refractivity contribution in [1.29, 1.82) is 0 Å². The number of halogens is 4. The van der Waals surface area contributed by atoms with E-state index < -0.39 is 12.3 Å². The Bertz CT molecular complexity index is 657. The van der Waals surface area contributed by atoms with Gasteiger partial charge in [0.1, 0.15) is 11.5 Å². The van der Waals surface area contributed by atoms with Crippen molar-refractivity contribution >= 4 is 27.5 Å². The molecule has 1 N–H and O–H groups in total. The molecule has 0 aromatic heterocycles. The standard InChI is InChI=1S/C15H11BrF3NO3/c16-10-1-5-12(6-2-10)22-9-14(21)20-11-3-7-13(8-4-11)23-15(17,18)19/h1-8H,9H2,(H,20,21). The Morgan fingerprint density at radius 3 is 2.13 bits per heavy atom. The molecule has 2 aromatic carbocycles. The van der Waals surface area contributed by atoms with Gasteiger partial charge in [0.25, 0.3) is 5.91 Å². The molecule has 0 bridgehead atoms. The van der Waals surface area contributed by atoms with Crippen LogP contribution in [0.5, 0.6) is 11.5 Å². The molecule has 0 unspecified atom stereocenters. The minimum atomic E-state index is -4.75. The Morgan fingerprint density at radius 1 is 1.00 bits per heavy atom. The third kappa shape index (κ3) is 6.19. The van der Waals surface area contributed by atoms with Crippen LogP contribution in [0.4, 0.5) is 18.9 Å². The average molecular weight is 390 g/mol. The minimum Gasteiger partial charge on any atom is -0.484 e. The second-order valence-corrected chi connectivity index (χ2v) is 5.28. The highest BCUT2D eigenvalue weighted by Crippen LogP contribution is 2.24. The number of anilines is 1. The number of carbonyl (C=O) groups excluding carboxylic acids is 1. The van der Waals surface area contributed by atoms with Crippen molar-refractivity contribution in [3.8, 4) is 11.5 Å². The molecule has 0 radical (unpaired) electrons. The van der Waals surface area contributed by atoms with Gasteiger partial charge in [0.15, 0.2) is 6.61 Å². The zero-order chi connectivity index (χ0) is 16.9. The molecule has 8 heteroatoms. The van der Waals surface area contributed by atoms with Crippen LogP contribution in [0.1, 0.15) is 0 Å². The predicted molar refractivity (Wildman–Crippen MR) is 81.4 cm³/mol. The number of alkyl halides is 3. The second-order valence-electron chi connectivity index (χ2n) is 4.36. The molecule has 0 aliphatic carbocycles. The number of hydrogen-bond acceptors (Lipinski definition) is 3. The monoisotopic (exact) mass is 389 g/mol. The van der Waals surface area contributed by atoms with Gasteiger partial charge in [-0.3, -0.25) is 4.79 Å². The van der Waals surface area contributed by atoms with Crippen LogP contribution in [0, 0.1) is 0 Å². The number of nitrogens with one attached hydrogen (secondary N) is 1. The van der Waals surface area contributed by atoms with E-state index in [1.165, 1.54) is 12.1 Å². The van der Waals surface area contributed by atoms with E-state index in [0.29, 0.717) is 11.4 Å². The molecule has 0 saturated heterocycles. The van der Waals surface area contributed by atoms with Crippen LogP contribution in [-0.4, -0.2) is 18.9 Å². The Hall–Kier alpha value is -2.22. The first-order valence-corrected chi connectivity index (χ1v) is 7.15. The number of ether oxygens (including phenoxy) is 2. The van der Waals surface area contributed by atoms with Crippen LogP contribution >= 0.6 is 15.9 Å². The largest absolute Gasteiger partial charge is 0.573 e. The highest BCUT2D eigenvalue weighted by molar-refractivity contribution is 9.10. The van der Waals surface area contributed by atoms with E-state index in [2.05, 4.69) is 26.0 Å². The first-order valence-electron chi connectivity index (χ1n) is 6.36. The lowest BCUT2D eigenvalue weighted by Gasteiger charge is -2.10. The lowest BCUT2D eigenvalue weighted by atomic mass is 10.3. The molecule has 0 spiro atoms. The van der Waals surface area contributed by atoms with E-state index in [-0.39, 0.29) is 12.4 Å². The molecular weight excluding hydrogens is 379 g/mol. The smallest absolute Gasteiger partial charge is 0.484 e. The average Bonchev–Trinajstić information content (AvgIpc) is 2.47. The van der Waals surface area contributed by atoms with Crippen molar-refractivity contribution in [2.24, 2.45) is 0 Å². The summed E-state index contributed by atoms with van der Waals surface area (Å²) in [6, 6.07) is 11.8. The molecular formula is C15H11BrF3NO3. The molecule has 0 saturated carbocycles. The first kappa shape index (κ1) is 17.1. The van der Waals surface area contributed by atoms with Crippen LogP contribution in [0.15, 0.2) is 53.0 Å². The summed E-state index contributed by atoms with van der Waals surface area (Å²) >= 11 is 3.28. The van der Waals surface area contributed by atoms with E-state index in [1.807, 2.05) is 0 Å². The van der Waals surface area contributed by atoms with Gasteiger partial charge < -0.3 is 14.8 Å². The molecule has 0 aliphatic heterocycles. The fourth-order valence-corrected chi connectivity index (χ4v) is 1.88. The minimum absolute atomic E-state index is 0.220. The number of amides is 1. The van der Waals surface area contributed by atoms with Crippen LogP contribution in [-0.2, 0) is 4.79 Å². The summed E-state index contributed by atoms with van der Waals surface area (Å²) in [5.74, 6) is -0.267. The molecule has 23 heavy (non-hydrogen) atoms.